The van der Waals surface area contributed by atoms with E-state index >= 15 is 0 Å². The Bertz CT molecular complexity index is 336. The van der Waals surface area contributed by atoms with E-state index in [1.54, 1.807) is 7.11 Å². The van der Waals surface area contributed by atoms with Crippen molar-refractivity contribution >= 4 is 17.4 Å². The number of nitrogens with zero attached hydrogens (tertiary/aromatic N) is 2. The molecule has 0 aromatic carbocycles. The first-order valence-electron chi connectivity index (χ1n) is 5.61. The van der Waals surface area contributed by atoms with Gasteiger partial charge in [-0.3, -0.25) is 0 Å². The molecule has 0 spiro atoms. The van der Waals surface area contributed by atoms with E-state index in [4.69, 9.17) is 21.1 Å². The van der Waals surface area contributed by atoms with Crippen molar-refractivity contribution in [2.75, 3.05) is 38.8 Å². The predicted octanol–water partition coefficient (Wildman–Crippen LogP) is 2.17. The molecule has 1 heterocycles. The van der Waals surface area contributed by atoms with Crippen molar-refractivity contribution in [3.63, 3.8) is 0 Å². The van der Waals surface area contributed by atoms with Crippen LogP contribution in [0.4, 0.5) is 5.82 Å². The number of rotatable bonds is 7. The lowest BCUT2D eigenvalue weighted by Gasteiger charge is -2.21. The molecular formula is C12H19ClN2O2. The van der Waals surface area contributed by atoms with Gasteiger partial charge < -0.3 is 14.4 Å². The molecule has 0 N–H and O–H groups in total. The second-order valence-electron chi connectivity index (χ2n) is 3.70. The predicted molar refractivity (Wildman–Crippen MR) is 70.2 cm³/mol. The first kappa shape index (κ1) is 14.1. The molecule has 0 aliphatic carbocycles. The van der Waals surface area contributed by atoms with Gasteiger partial charge in [-0.2, -0.15) is 4.98 Å². The highest BCUT2D eigenvalue weighted by molar-refractivity contribution is 6.21. The summed E-state index contributed by atoms with van der Waals surface area (Å²) in [7, 11) is 3.59. The Morgan fingerprint density at radius 3 is 2.88 bits per heavy atom. The quantitative estimate of drug-likeness (QED) is 0.702. The minimum atomic E-state index is -0.0532. The van der Waals surface area contributed by atoms with Crippen LogP contribution in [0, 0.1) is 0 Å². The molecule has 1 unspecified atom stereocenters. The van der Waals surface area contributed by atoms with E-state index < -0.39 is 0 Å². The fraction of sp³-hybridized carbons (Fsp3) is 0.583. The van der Waals surface area contributed by atoms with Crippen LogP contribution in [0.25, 0.3) is 0 Å². The molecule has 96 valence electrons. The van der Waals surface area contributed by atoms with E-state index in [-0.39, 0.29) is 5.38 Å². The van der Waals surface area contributed by atoms with Gasteiger partial charge >= 0.3 is 0 Å². The van der Waals surface area contributed by atoms with Crippen molar-refractivity contribution in [2.45, 2.75) is 12.3 Å². The van der Waals surface area contributed by atoms with Crippen LogP contribution in [0.1, 0.15) is 6.92 Å². The number of hydrogen-bond donors (Lipinski definition) is 0. The molecule has 0 saturated carbocycles. The molecule has 1 atom stereocenters. The second kappa shape index (κ2) is 7.35. The summed E-state index contributed by atoms with van der Waals surface area (Å²) in [5.41, 5.74) is 0. The van der Waals surface area contributed by atoms with Crippen molar-refractivity contribution in [3.8, 4) is 5.88 Å². The van der Waals surface area contributed by atoms with Gasteiger partial charge in [0.2, 0.25) is 5.88 Å². The Morgan fingerprint density at radius 1 is 1.47 bits per heavy atom. The number of aromatic nitrogens is 1. The fourth-order valence-corrected chi connectivity index (χ4v) is 1.80. The zero-order valence-electron chi connectivity index (χ0n) is 10.5. The van der Waals surface area contributed by atoms with Crippen LogP contribution in [-0.4, -0.2) is 44.3 Å². The molecule has 0 bridgehead atoms. The Kier molecular flexibility index (Phi) is 6.08. The number of pyridine rings is 1. The molecule has 17 heavy (non-hydrogen) atoms. The number of ether oxygens (including phenoxy) is 2. The first-order valence-corrected chi connectivity index (χ1v) is 6.05. The molecule has 1 aromatic rings. The van der Waals surface area contributed by atoms with Gasteiger partial charge in [0, 0.05) is 26.8 Å². The van der Waals surface area contributed by atoms with E-state index in [1.165, 1.54) is 0 Å². The average Bonchev–Trinajstić information content (AvgIpc) is 2.30. The summed E-state index contributed by atoms with van der Waals surface area (Å²) < 4.78 is 10.4. The summed E-state index contributed by atoms with van der Waals surface area (Å²) in [6.45, 7) is 3.75. The minimum Gasteiger partial charge on any atom is -0.478 e. The molecule has 0 radical (unpaired) electrons. The van der Waals surface area contributed by atoms with E-state index in [0.29, 0.717) is 25.6 Å². The highest BCUT2D eigenvalue weighted by Crippen LogP contribution is 2.15. The van der Waals surface area contributed by atoms with Crippen molar-refractivity contribution in [3.05, 3.63) is 18.2 Å². The van der Waals surface area contributed by atoms with Crippen LogP contribution in [0.2, 0.25) is 0 Å². The lowest BCUT2D eigenvalue weighted by Crippen LogP contribution is -2.29. The molecule has 1 rings (SSSR count). The average molecular weight is 259 g/mol. The van der Waals surface area contributed by atoms with Crippen LogP contribution >= 0.6 is 11.6 Å². The lowest BCUT2D eigenvalue weighted by atomic mass is 10.3. The standard InChI is InChI=1S/C12H19ClN2O2/c1-4-17-12-7-5-6-11(14-12)15(2)8-10(13)9-16-3/h5-7,10H,4,8-9H2,1-3H3. The number of methoxy groups -OCH3 is 1. The lowest BCUT2D eigenvalue weighted by molar-refractivity contribution is 0.199. The summed E-state index contributed by atoms with van der Waals surface area (Å²) in [5.74, 6) is 1.48. The number of alkyl halides is 1. The van der Waals surface area contributed by atoms with E-state index in [2.05, 4.69) is 4.98 Å². The summed E-state index contributed by atoms with van der Waals surface area (Å²) in [6.07, 6.45) is 0. The SMILES string of the molecule is CCOc1cccc(N(C)CC(Cl)COC)n1. The Labute approximate surface area is 107 Å². The third-order valence-electron chi connectivity index (χ3n) is 2.21. The van der Waals surface area contributed by atoms with Crippen molar-refractivity contribution < 1.29 is 9.47 Å². The monoisotopic (exact) mass is 258 g/mol. The van der Waals surface area contributed by atoms with Gasteiger partial charge in [-0.05, 0) is 13.0 Å². The van der Waals surface area contributed by atoms with Gasteiger partial charge in [-0.15, -0.1) is 11.6 Å². The fourth-order valence-electron chi connectivity index (χ4n) is 1.47. The molecule has 0 fully saturated rings. The third kappa shape index (κ3) is 4.79. The maximum Gasteiger partial charge on any atom is 0.215 e. The largest absolute Gasteiger partial charge is 0.478 e. The van der Waals surface area contributed by atoms with Crippen molar-refractivity contribution in [2.24, 2.45) is 0 Å². The summed E-state index contributed by atoms with van der Waals surface area (Å²) in [4.78, 5) is 6.37. The van der Waals surface area contributed by atoms with Gasteiger partial charge in [-0.25, -0.2) is 0 Å². The zero-order valence-corrected chi connectivity index (χ0v) is 11.3. The van der Waals surface area contributed by atoms with Crippen LogP contribution in [0.15, 0.2) is 18.2 Å². The summed E-state index contributed by atoms with van der Waals surface area (Å²) in [6, 6.07) is 5.69. The van der Waals surface area contributed by atoms with Gasteiger partial charge in [0.25, 0.3) is 0 Å². The molecule has 1 aromatic heterocycles. The zero-order chi connectivity index (χ0) is 12.7. The van der Waals surface area contributed by atoms with Gasteiger partial charge in [0.15, 0.2) is 0 Å². The Balaban J connectivity index is 2.61. The van der Waals surface area contributed by atoms with Crippen LogP contribution in [0.5, 0.6) is 5.88 Å². The molecular weight excluding hydrogens is 240 g/mol. The summed E-state index contributed by atoms with van der Waals surface area (Å²) in [5, 5.41) is -0.0532. The minimum absolute atomic E-state index is 0.0532. The van der Waals surface area contributed by atoms with E-state index in [9.17, 15) is 0 Å². The van der Waals surface area contributed by atoms with Crippen LogP contribution in [0.3, 0.4) is 0 Å². The number of hydrogen-bond acceptors (Lipinski definition) is 4. The van der Waals surface area contributed by atoms with Crippen LogP contribution < -0.4 is 9.64 Å². The van der Waals surface area contributed by atoms with Crippen molar-refractivity contribution in [1.29, 1.82) is 0 Å². The molecule has 0 aliphatic rings. The van der Waals surface area contributed by atoms with Crippen molar-refractivity contribution in [1.82, 2.24) is 4.98 Å². The second-order valence-corrected chi connectivity index (χ2v) is 4.32. The Morgan fingerprint density at radius 2 is 2.24 bits per heavy atom. The molecule has 0 amide bonds. The topological polar surface area (TPSA) is 34.6 Å². The molecule has 4 nitrogen and oxygen atoms in total. The first-order chi connectivity index (χ1) is 8.17. The Hall–Kier alpha value is -1.00. The molecule has 0 saturated heterocycles. The maximum absolute atomic E-state index is 6.10. The smallest absolute Gasteiger partial charge is 0.215 e. The van der Waals surface area contributed by atoms with Crippen LogP contribution in [-0.2, 0) is 4.74 Å². The number of halogens is 1. The maximum atomic E-state index is 6.10. The van der Waals surface area contributed by atoms with E-state index in [0.717, 1.165) is 5.82 Å². The summed E-state index contributed by atoms with van der Waals surface area (Å²) >= 11 is 6.10. The normalized spacial score (nSPS) is 12.2. The van der Waals surface area contributed by atoms with Gasteiger partial charge in [0.1, 0.15) is 5.82 Å². The van der Waals surface area contributed by atoms with Gasteiger partial charge in [0.05, 0.1) is 18.6 Å². The number of anilines is 1. The highest BCUT2D eigenvalue weighted by atomic mass is 35.5. The highest BCUT2D eigenvalue weighted by Gasteiger charge is 2.10. The van der Waals surface area contributed by atoms with Gasteiger partial charge in [-0.1, -0.05) is 6.07 Å². The molecule has 5 heteroatoms. The van der Waals surface area contributed by atoms with E-state index in [1.807, 2.05) is 37.1 Å². The molecule has 0 aliphatic heterocycles. The third-order valence-corrected chi connectivity index (χ3v) is 2.48.